The standard InChI is InChI=1S/C19H27N3O2/c23-18(16-5-11-24-13-16)22-10-7-19(15-22)6-3-9-21(14-19)12-17-4-1-2-8-20-17/h1-2,4,8,16H,3,5-7,9-15H2/t16-,19+/m1/s1. The van der Waals surface area contributed by atoms with Gasteiger partial charge in [-0.05, 0) is 44.4 Å². The zero-order valence-electron chi connectivity index (χ0n) is 14.3. The van der Waals surface area contributed by atoms with Gasteiger partial charge >= 0.3 is 0 Å². The van der Waals surface area contributed by atoms with Crippen LogP contribution in [0.25, 0.3) is 0 Å². The summed E-state index contributed by atoms with van der Waals surface area (Å²) in [6.07, 6.45) is 6.38. The molecular formula is C19H27N3O2. The van der Waals surface area contributed by atoms with E-state index in [0.29, 0.717) is 17.9 Å². The monoisotopic (exact) mass is 329 g/mol. The molecule has 0 N–H and O–H groups in total. The molecule has 1 aromatic rings. The van der Waals surface area contributed by atoms with Gasteiger partial charge in [0.1, 0.15) is 0 Å². The highest BCUT2D eigenvalue weighted by molar-refractivity contribution is 5.79. The molecule has 1 spiro atoms. The van der Waals surface area contributed by atoms with Gasteiger partial charge in [0.05, 0.1) is 18.2 Å². The summed E-state index contributed by atoms with van der Waals surface area (Å²) >= 11 is 0. The minimum atomic E-state index is 0.105. The molecule has 5 heteroatoms. The van der Waals surface area contributed by atoms with Crippen molar-refractivity contribution in [2.24, 2.45) is 11.3 Å². The van der Waals surface area contributed by atoms with Gasteiger partial charge in [-0.15, -0.1) is 0 Å². The molecule has 4 heterocycles. The second-order valence-corrected chi connectivity index (χ2v) is 7.71. The predicted molar refractivity (Wildman–Crippen MR) is 91.3 cm³/mol. The lowest BCUT2D eigenvalue weighted by Gasteiger charge is -2.40. The summed E-state index contributed by atoms with van der Waals surface area (Å²) in [6, 6.07) is 6.13. The number of aromatic nitrogens is 1. The van der Waals surface area contributed by atoms with Gasteiger partial charge in [0.15, 0.2) is 0 Å². The first kappa shape index (κ1) is 16.0. The van der Waals surface area contributed by atoms with E-state index < -0.39 is 0 Å². The van der Waals surface area contributed by atoms with Crippen molar-refractivity contribution in [1.29, 1.82) is 0 Å². The summed E-state index contributed by atoms with van der Waals surface area (Å²) in [7, 11) is 0. The summed E-state index contributed by atoms with van der Waals surface area (Å²) < 4.78 is 5.40. The molecular weight excluding hydrogens is 302 g/mol. The van der Waals surface area contributed by atoms with Crippen molar-refractivity contribution in [1.82, 2.24) is 14.8 Å². The molecule has 130 valence electrons. The average molecular weight is 329 g/mol. The highest BCUT2D eigenvalue weighted by atomic mass is 16.5. The number of pyridine rings is 1. The third-order valence-corrected chi connectivity index (χ3v) is 5.88. The second kappa shape index (κ2) is 6.81. The fourth-order valence-electron chi connectivity index (χ4n) is 4.61. The summed E-state index contributed by atoms with van der Waals surface area (Å²) in [5.41, 5.74) is 1.44. The van der Waals surface area contributed by atoms with E-state index in [1.807, 2.05) is 12.3 Å². The number of rotatable bonds is 3. The lowest BCUT2D eigenvalue weighted by molar-refractivity contribution is -0.135. The fourth-order valence-corrected chi connectivity index (χ4v) is 4.61. The van der Waals surface area contributed by atoms with E-state index in [1.54, 1.807) is 0 Å². The molecule has 24 heavy (non-hydrogen) atoms. The Morgan fingerprint density at radius 3 is 3.04 bits per heavy atom. The Morgan fingerprint density at radius 1 is 1.29 bits per heavy atom. The predicted octanol–water partition coefficient (Wildman–Crippen LogP) is 1.93. The van der Waals surface area contributed by atoms with Crippen LogP contribution in [0.5, 0.6) is 0 Å². The van der Waals surface area contributed by atoms with E-state index in [0.717, 1.165) is 57.9 Å². The van der Waals surface area contributed by atoms with Gasteiger partial charge in [-0.2, -0.15) is 0 Å². The minimum Gasteiger partial charge on any atom is -0.381 e. The molecule has 4 rings (SSSR count). The maximum absolute atomic E-state index is 12.7. The van der Waals surface area contributed by atoms with Gasteiger partial charge in [0.25, 0.3) is 0 Å². The van der Waals surface area contributed by atoms with Gasteiger partial charge < -0.3 is 9.64 Å². The number of ether oxygens (including phenoxy) is 1. The van der Waals surface area contributed by atoms with Gasteiger partial charge in [0, 0.05) is 44.4 Å². The summed E-state index contributed by atoms with van der Waals surface area (Å²) in [4.78, 5) is 21.8. The SMILES string of the molecule is O=C([C@@H]1CCOC1)N1CC[C@]2(CCCN(Cc3ccccn3)C2)C1. The van der Waals surface area contributed by atoms with Crippen molar-refractivity contribution in [3.05, 3.63) is 30.1 Å². The van der Waals surface area contributed by atoms with Crippen LogP contribution in [0, 0.1) is 11.3 Å². The topological polar surface area (TPSA) is 45.7 Å². The first-order chi connectivity index (χ1) is 11.7. The van der Waals surface area contributed by atoms with Crippen molar-refractivity contribution in [3.63, 3.8) is 0 Å². The number of likely N-dealkylation sites (tertiary alicyclic amines) is 2. The molecule has 0 bridgehead atoms. The van der Waals surface area contributed by atoms with E-state index >= 15 is 0 Å². The smallest absolute Gasteiger partial charge is 0.228 e. The molecule has 0 aromatic carbocycles. The van der Waals surface area contributed by atoms with Crippen LogP contribution in [0.3, 0.4) is 0 Å². The number of hydrogen-bond acceptors (Lipinski definition) is 4. The molecule has 3 fully saturated rings. The zero-order chi connectivity index (χ0) is 16.4. The molecule has 5 nitrogen and oxygen atoms in total. The van der Waals surface area contributed by atoms with Crippen LogP contribution in [-0.2, 0) is 16.1 Å². The first-order valence-electron chi connectivity index (χ1n) is 9.23. The fraction of sp³-hybridized carbons (Fsp3) is 0.684. The molecule has 0 saturated carbocycles. The van der Waals surface area contributed by atoms with E-state index in [9.17, 15) is 4.79 Å². The lowest BCUT2D eigenvalue weighted by Crippen LogP contribution is -2.45. The number of carbonyl (C=O) groups excluding carboxylic acids is 1. The highest BCUT2D eigenvalue weighted by Gasteiger charge is 2.44. The van der Waals surface area contributed by atoms with Crippen molar-refractivity contribution >= 4 is 5.91 Å². The van der Waals surface area contributed by atoms with Crippen molar-refractivity contribution in [2.45, 2.75) is 32.2 Å². The summed E-state index contributed by atoms with van der Waals surface area (Å²) in [5.74, 6) is 0.430. The normalized spacial score (nSPS) is 31.0. The summed E-state index contributed by atoms with van der Waals surface area (Å²) in [5, 5.41) is 0. The number of amides is 1. The van der Waals surface area contributed by atoms with E-state index in [1.165, 1.54) is 12.8 Å². The number of hydrogen-bond donors (Lipinski definition) is 0. The molecule has 3 aliphatic heterocycles. The van der Waals surface area contributed by atoms with Gasteiger partial charge in [-0.25, -0.2) is 0 Å². The van der Waals surface area contributed by atoms with E-state index in [4.69, 9.17) is 4.74 Å². The molecule has 3 saturated heterocycles. The van der Waals surface area contributed by atoms with Crippen LogP contribution in [0.15, 0.2) is 24.4 Å². The Kier molecular flexibility index (Phi) is 4.55. The number of nitrogens with zero attached hydrogens (tertiary/aromatic N) is 3. The van der Waals surface area contributed by atoms with Crippen LogP contribution in [0.2, 0.25) is 0 Å². The van der Waals surface area contributed by atoms with Crippen LogP contribution >= 0.6 is 0 Å². The van der Waals surface area contributed by atoms with Crippen molar-refractivity contribution in [3.8, 4) is 0 Å². The third-order valence-electron chi connectivity index (χ3n) is 5.88. The van der Waals surface area contributed by atoms with Crippen molar-refractivity contribution in [2.75, 3.05) is 39.4 Å². The van der Waals surface area contributed by atoms with Crippen LogP contribution in [-0.4, -0.2) is 60.1 Å². The maximum Gasteiger partial charge on any atom is 0.228 e. The minimum absolute atomic E-state index is 0.105. The molecule has 1 aromatic heterocycles. The Morgan fingerprint density at radius 2 is 2.25 bits per heavy atom. The quantitative estimate of drug-likeness (QED) is 0.850. The van der Waals surface area contributed by atoms with Crippen molar-refractivity contribution < 1.29 is 9.53 Å². The molecule has 1 amide bonds. The Balaban J connectivity index is 1.37. The third kappa shape index (κ3) is 3.33. The Bertz CT molecular complexity index is 573. The first-order valence-corrected chi connectivity index (χ1v) is 9.23. The van der Waals surface area contributed by atoms with Gasteiger partial charge in [0.2, 0.25) is 5.91 Å². The Labute approximate surface area is 144 Å². The molecule has 0 radical (unpaired) electrons. The number of carbonyl (C=O) groups is 1. The Hall–Kier alpha value is -1.46. The largest absolute Gasteiger partial charge is 0.381 e. The molecule has 2 atom stereocenters. The number of piperidine rings is 1. The van der Waals surface area contributed by atoms with Crippen LogP contribution in [0.1, 0.15) is 31.4 Å². The maximum atomic E-state index is 12.7. The molecule has 0 aliphatic carbocycles. The van der Waals surface area contributed by atoms with Crippen LogP contribution in [0.4, 0.5) is 0 Å². The van der Waals surface area contributed by atoms with E-state index in [2.05, 4.69) is 26.9 Å². The second-order valence-electron chi connectivity index (χ2n) is 7.71. The van der Waals surface area contributed by atoms with Crippen LogP contribution < -0.4 is 0 Å². The zero-order valence-corrected chi connectivity index (χ0v) is 14.3. The van der Waals surface area contributed by atoms with Gasteiger partial charge in [-0.3, -0.25) is 14.7 Å². The highest BCUT2D eigenvalue weighted by Crippen LogP contribution is 2.40. The molecule has 0 unspecified atom stereocenters. The van der Waals surface area contributed by atoms with E-state index in [-0.39, 0.29) is 5.92 Å². The average Bonchev–Trinajstić information content (AvgIpc) is 3.26. The van der Waals surface area contributed by atoms with Gasteiger partial charge in [-0.1, -0.05) is 6.07 Å². The molecule has 3 aliphatic rings. The summed E-state index contributed by atoms with van der Waals surface area (Å²) in [6.45, 7) is 6.37. The lowest BCUT2D eigenvalue weighted by atomic mass is 9.79.